The lowest BCUT2D eigenvalue weighted by Gasteiger charge is -2.54. The lowest BCUT2D eigenvalue weighted by Crippen LogP contribution is -2.63. The number of carbonyl (C=O) groups is 1. The predicted octanol–water partition coefficient (Wildman–Crippen LogP) is 6.02. The second kappa shape index (κ2) is 11.1. The van der Waals surface area contributed by atoms with Crippen LogP contribution in [0.3, 0.4) is 0 Å². The molecule has 0 saturated carbocycles. The van der Waals surface area contributed by atoms with Gasteiger partial charge in [-0.1, -0.05) is 72.1 Å². The summed E-state index contributed by atoms with van der Waals surface area (Å²) in [7, 11) is 0. The molecule has 1 unspecified atom stereocenters. The third kappa shape index (κ3) is 6.73. The molecule has 0 bridgehead atoms. The van der Waals surface area contributed by atoms with Crippen molar-refractivity contribution in [1.82, 2.24) is 5.06 Å². The summed E-state index contributed by atoms with van der Waals surface area (Å²) in [6.07, 6.45) is 10.9. The van der Waals surface area contributed by atoms with Gasteiger partial charge in [0.2, 0.25) is 0 Å². The van der Waals surface area contributed by atoms with E-state index >= 15 is 0 Å². The number of ether oxygens (including phenoxy) is 1. The molecule has 1 N–H and O–H groups in total. The molecule has 0 aromatic rings. The number of unbranched alkanes of at least 4 members (excludes halogenated alkanes) is 8. The van der Waals surface area contributed by atoms with Crippen molar-refractivity contribution in [2.75, 3.05) is 13.2 Å². The minimum Gasteiger partial charge on any atom is -0.450 e. The summed E-state index contributed by atoms with van der Waals surface area (Å²) in [4.78, 5) is 17.0. The highest BCUT2D eigenvalue weighted by atomic mass is 16.7. The molecular weight excluding hydrogens is 330 g/mol. The molecule has 1 aliphatic rings. The molecule has 0 amide bonds. The van der Waals surface area contributed by atoms with Gasteiger partial charge in [-0.3, -0.25) is 4.84 Å². The van der Waals surface area contributed by atoms with E-state index < -0.39 is 6.16 Å². The fourth-order valence-corrected chi connectivity index (χ4v) is 3.73. The van der Waals surface area contributed by atoms with E-state index in [1.165, 1.54) is 51.4 Å². The van der Waals surface area contributed by atoms with Crippen LogP contribution in [-0.4, -0.2) is 41.1 Å². The fourth-order valence-electron chi connectivity index (χ4n) is 3.73. The largest absolute Gasteiger partial charge is 0.506 e. The number of hydrogen-bond acceptors (Lipinski definition) is 4. The van der Waals surface area contributed by atoms with Gasteiger partial charge in [-0.25, -0.2) is 4.79 Å². The van der Waals surface area contributed by atoms with Gasteiger partial charge in [-0.05, 0) is 20.3 Å². The molecule has 5 heteroatoms. The van der Waals surface area contributed by atoms with Gasteiger partial charge in [-0.15, -0.1) is 0 Å². The molecule has 1 aliphatic heterocycles. The molecule has 1 saturated heterocycles. The maximum atomic E-state index is 11.0. The van der Waals surface area contributed by atoms with Crippen LogP contribution in [-0.2, 0) is 9.57 Å². The summed E-state index contributed by atoms with van der Waals surface area (Å²) in [5.41, 5.74) is -0.604. The number of nitrogens with zero attached hydrogens (tertiary/aromatic N) is 1. The van der Waals surface area contributed by atoms with Crippen LogP contribution in [0.5, 0.6) is 0 Å². The molecule has 154 valence electrons. The molecule has 5 nitrogen and oxygen atoms in total. The molecule has 26 heavy (non-hydrogen) atoms. The van der Waals surface area contributed by atoms with Crippen LogP contribution in [0.2, 0.25) is 0 Å². The van der Waals surface area contributed by atoms with Gasteiger partial charge in [0.1, 0.15) is 6.10 Å². The van der Waals surface area contributed by atoms with E-state index in [9.17, 15) is 4.79 Å². The first kappa shape index (κ1) is 23.2. The Morgan fingerprint density at radius 3 is 2.08 bits per heavy atom. The molecule has 1 heterocycles. The second-order valence-electron chi connectivity index (χ2n) is 8.71. The highest BCUT2D eigenvalue weighted by molar-refractivity contribution is 5.57. The van der Waals surface area contributed by atoms with Gasteiger partial charge in [0.25, 0.3) is 0 Å². The molecule has 0 aromatic heterocycles. The topological polar surface area (TPSA) is 59.0 Å². The zero-order valence-corrected chi connectivity index (χ0v) is 17.7. The maximum absolute atomic E-state index is 11.0. The number of piperidine rings is 1. The van der Waals surface area contributed by atoms with Crippen molar-refractivity contribution in [3.8, 4) is 0 Å². The normalized spacial score (nSPS) is 22.3. The van der Waals surface area contributed by atoms with Crippen LogP contribution in [0.25, 0.3) is 0 Å². The number of hydroxylamine groups is 2. The summed E-state index contributed by atoms with van der Waals surface area (Å²) >= 11 is 0. The molecule has 1 rings (SSSR count). The summed E-state index contributed by atoms with van der Waals surface area (Å²) in [6, 6.07) is 0. The lowest BCUT2D eigenvalue weighted by molar-refractivity contribution is -0.278. The minimum absolute atomic E-state index is 0.287. The van der Waals surface area contributed by atoms with E-state index in [1.807, 2.05) is 5.06 Å². The van der Waals surface area contributed by atoms with Crippen molar-refractivity contribution in [2.45, 2.75) is 110 Å². The third-order valence-corrected chi connectivity index (χ3v) is 6.34. The summed E-state index contributed by atoms with van der Waals surface area (Å²) < 4.78 is 5.13. The Bertz CT molecular complexity index is 409. The molecule has 1 atom stereocenters. The summed E-state index contributed by atoms with van der Waals surface area (Å²) in [6.45, 7) is 12.0. The van der Waals surface area contributed by atoms with E-state index in [2.05, 4.69) is 34.6 Å². The van der Waals surface area contributed by atoms with Crippen LogP contribution in [0, 0.1) is 5.41 Å². The van der Waals surface area contributed by atoms with Crippen LogP contribution in [0.4, 0.5) is 4.79 Å². The number of rotatable bonds is 12. The zero-order valence-electron chi connectivity index (χ0n) is 17.7. The van der Waals surface area contributed by atoms with Crippen molar-refractivity contribution in [2.24, 2.45) is 5.41 Å². The van der Waals surface area contributed by atoms with Crippen molar-refractivity contribution >= 4 is 6.16 Å². The Hall–Kier alpha value is -0.810. The second-order valence-corrected chi connectivity index (χ2v) is 8.71. The quantitative estimate of drug-likeness (QED) is 0.335. The van der Waals surface area contributed by atoms with E-state index in [-0.39, 0.29) is 17.1 Å². The van der Waals surface area contributed by atoms with Gasteiger partial charge >= 0.3 is 6.16 Å². The first-order valence-corrected chi connectivity index (χ1v) is 10.5. The minimum atomic E-state index is -1.19. The summed E-state index contributed by atoms with van der Waals surface area (Å²) in [5.74, 6) is 0. The van der Waals surface area contributed by atoms with E-state index in [4.69, 9.17) is 14.7 Å². The molecule has 0 spiro atoms. The summed E-state index contributed by atoms with van der Waals surface area (Å²) in [5, 5.41) is 11.0. The number of carboxylic acid groups (broad SMARTS) is 1. The average Bonchev–Trinajstić information content (AvgIpc) is 2.56. The van der Waals surface area contributed by atoms with Gasteiger partial charge in [0, 0.05) is 23.9 Å². The van der Waals surface area contributed by atoms with Crippen LogP contribution >= 0.6 is 0 Å². The van der Waals surface area contributed by atoms with Crippen LogP contribution in [0.15, 0.2) is 0 Å². The van der Waals surface area contributed by atoms with Crippen molar-refractivity contribution < 1.29 is 19.5 Å². The molecule has 1 fully saturated rings. The monoisotopic (exact) mass is 371 g/mol. The highest BCUT2D eigenvalue weighted by Crippen LogP contribution is 2.45. The highest BCUT2D eigenvalue weighted by Gasteiger charge is 2.52. The fraction of sp³-hybridized carbons (Fsp3) is 0.952. The maximum Gasteiger partial charge on any atom is 0.506 e. The first-order chi connectivity index (χ1) is 12.2. The smallest absolute Gasteiger partial charge is 0.450 e. The SMILES string of the molecule is CCCCCCCCCCCON1CCC(OC(=O)O)C(C)(C)C1(C)C. The van der Waals surface area contributed by atoms with Gasteiger partial charge < -0.3 is 9.84 Å². The zero-order chi connectivity index (χ0) is 19.6. The Morgan fingerprint density at radius 2 is 1.54 bits per heavy atom. The number of hydrogen-bond donors (Lipinski definition) is 1. The van der Waals surface area contributed by atoms with Crippen molar-refractivity contribution in [3.63, 3.8) is 0 Å². The molecule has 0 radical (unpaired) electrons. The molecule has 0 aliphatic carbocycles. The lowest BCUT2D eigenvalue weighted by atomic mass is 9.67. The predicted molar refractivity (Wildman–Crippen MR) is 105 cm³/mol. The van der Waals surface area contributed by atoms with Gasteiger partial charge in [0.15, 0.2) is 0 Å². The van der Waals surface area contributed by atoms with Crippen molar-refractivity contribution in [1.29, 1.82) is 0 Å². The van der Waals surface area contributed by atoms with E-state index in [1.54, 1.807) is 0 Å². The molecular formula is C21H41NO4. The van der Waals surface area contributed by atoms with Crippen LogP contribution < -0.4 is 0 Å². The van der Waals surface area contributed by atoms with Gasteiger partial charge in [0.05, 0.1) is 6.61 Å². The Kier molecular flexibility index (Phi) is 9.94. The van der Waals surface area contributed by atoms with Gasteiger partial charge in [-0.2, -0.15) is 5.06 Å². The Balaban J connectivity index is 2.26. The Morgan fingerprint density at radius 1 is 1.00 bits per heavy atom. The standard InChI is InChI=1S/C21H41NO4/c1-6-7-8-9-10-11-12-13-14-17-25-22-16-15-18(26-19(23)24)20(2,3)21(22,4)5/h18H,6-17H2,1-5H3,(H,23,24). The first-order valence-electron chi connectivity index (χ1n) is 10.5. The molecule has 0 aromatic carbocycles. The van der Waals surface area contributed by atoms with Crippen molar-refractivity contribution in [3.05, 3.63) is 0 Å². The van der Waals surface area contributed by atoms with Crippen LogP contribution in [0.1, 0.15) is 98.8 Å². The average molecular weight is 372 g/mol. The third-order valence-electron chi connectivity index (χ3n) is 6.34. The van der Waals surface area contributed by atoms with E-state index in [0.29, 0.717) is 13.0 Å². The van der Waals surface area contributed by atoms with E-state index in [0.717, 1.165) is 13.0 Å². The Labute approximate surface area is 160 Å².